The van der Waals surface area contributed by atoms with Crippen LogP contribution in [0.15, 0.2) is 12.4 Å². The van der Waals surface area contributed by atoms with E-state index in [9.17, 15) is 28.1 Å². The predicted octanol–water partition coefficient (Wildman–Crippen LogP) is 0.0352. The van der Waals surface area contributed by atoms with Gasteiger partial charge in [-0.05, 0) is 11.3 Å². The highest BCUT2D eigenvalue weighted by Gasteiger charge is 2.38. The van der Waals surface area contributed by atoms with Gasteiger partial charge in [-0.15, -0.1) is 0 Å². The highest BCUT2D eigenvalue weighted by molar-refractivity contribution is 5.81. The van der Waals surface area contributed by atoms with Crippen molar-refractivity contribution in [3.05, 3.63) is 22.5 Å². The number of alkyl halides is 3. The number of rotatable bonds is 5. The molecule has 1 heterocycles. The van der Waals surface area contributed by atoms with Crippen molar-refractivity contribution in [2.45, 2.75) is 19.1 Å². The monoisotopic (exact) mass is 284 g/mol. The Morgan fingerprint density at radius 3 is 2.68 bits per heavy atom. The second kappa shape index (κ2) is 6.68. The van der Waals surface area contributed by atoms with E-state index in [1.165, 1.54) is 17.0 Å². The highest BCUT2D eigenvalue weighted by Crippen LogP contribution is 2.14. The molecule has 0 saturated carbocycles. The van der Waals surface area contributed by atoms with E-state index in [2.05, 4.69) is 4.98 Å². The Morgan fingerprint density at radius 1 is 1.53 bits per heavy atom. The van der Waals surface area contributed by atoms with Gasteiger partial charge in [0.1, 0.15) is 12.4 Å². The van der Waals surface area contributed by atoms with Gasteiger partial charge in [0.2, 0.25) is 0 Å². The Kier molecular flexibility index (Phi) is 5.92. The molecule has 0 radical (unpaired) electrons. The predicted molar refractivity (Wildman–Crippen MR) is 56.2 cm³/mol. The number of halogens is 3. The maximum absolute atomic E-state index is 11.8. The van der Waals surface area contributed by atoms with Crippen LogP contribution in [0.5, 0.6) is 0 Å². The summed E-state index contributed by atoms with van der Waals surface area (Å²) in [6.45, 7) is -0.137. The van der Waals surface area contributed by atoms with Crippen molar-refractivity contribution in [1.82, 2.24) is 14.9 Å². The lowest BCUT2D eigenvalue weighted by atomic mass is 10.4. The molecule has 0 aliphatic rings. The van der Waals surface area contributed by atoms with Gasteiger partial charge in [-0.2, -0.15) is 13.2 Å². The molecule has 108 valence electrons. The molecule has 8 nitrogen and oxygen atoms in total. The lowest BCUT2D eigenvalue weighted by Gasteiger charge is -2.07. The molecule has 1 aromatic rings. The number of imidazole rings is 1. The Balaban J connectivity index is 0.00000324. The zero-order chi connectivity index (χ0) is 13.8. The molecular weight excluding hydrogens is 273 g/mol. The van der Waals surface area contributed by atoms with Crippen molar-refractivity contribution in [1.29, 1.82) is 0 Å². The van der Waals surface area contributed by atoms with Crippen molar-refractivity contribution in [2.75, 3.05) is 6.54 Å². The zero-order valence-electron chi connectivity index (χ0n) is 9.48. The number of aromatic nitrogens is 2. The molecule has 0 unspecified atom stereocenters. The normalized spacial score (nSPS) is 10.7. The molecule has 0 aromatic carbocycles. The third-order valence-corrected chi connectivity index (χ3v) is 1.98. The van der Waals surface area contributed by atoms with Crippen molar-refractivity contribution in [3.63, 3.8) is 0 Å². The molecular formula is C8H11F3N4O4. The topological polar surface area (TPSA) is 122 Å². The van der Waals surface area contributed by atoms with Crippen LogP contribution in [0.25, 0.3) is 0 Å². The van der Waals surface area contributed by atoms with E-state index >= 15 is 0 Å². The fourth-order valence-electron chi connectivity index (χ4n) is 1.20. The fourth-order valence-corrected chi connectivity index (χ4v) is 1.20. The standard InChI is InChI=1S/C8H9F3N4O3.H2O/c9-8(10,11)6(16)12-2-1-4-14-5-3-13-7(14)15(17)18;/h3,5H,1-2,4H2,(H,12,16);1H2. The number of carbonyl (C=O) groups is 1. The highest BCUT2D eigenvalue weighted by atomic mass is 19.4. The van der Waals surface area contributed by atoms with E-state index < -0.39 is 23.0 Å². The van der Waals surface area contributed by atoms with E-state index in [-0.39, 0.29) is 25.0 Å². The fraction of sp³-hybridized carbons (Fsp3) is 0.500. The number of nitro groups is 1. The van der Waals surface area contributed by atoms with Crippen molar-refractivity contribution in [2.24, 2.45) is 0 Å². The van der Waals surface area contributed by atoms with Crippen LogP contribution in [0.3, 0.4) is 0 Å². The van der Waals surface area contributed by atoms with Gasteiger partial charge in [0.25, 0.3) is 0 Å². The van der Waals surface area contributed by atoms with Crippen LogP contribution in [-0.4, -0.2) is 38.6 Å². The van der Waals surface area contributed by atoms with E-state index in [1.807, 2.05) is 0 Å². The second-order valence-electron chi connectivity index (χ2n) is 3.28. The molecule has 0 saturated heterocycles. The van der Waals surface area contributed by atoms with Crippen molar-refractivity contribution < 1.29 is 28.4 Å². The minimum Gasteiger partial charge on any atom is -0.412 e. The van der Waals surface area contributed by atoms with Crippen LogP contribution in [0.2, 0.25) is 0 Å². The smallest absolute Gasteiger partial charge is 0.412 e. The number of carbonyl (C=O) groups excluding carboxylic acids is 1. The van der Waals surface area contributed by atoms with Crippen LogP contribution in [-0.2, 0) is 11.3 Å². The maximum atomic E-state index is 11.8. The summed E-state index contributed by atoms with van der Waals surface area (Å²) < 4.78 is 36.6. The molecule has 1 amide bonds. The lowest BCUT2D eigenvalue weighted by Crippen LogP contribution is -2.37. The molecule has 3 N–H and O–H groups in total. The van der Waals surface area contributed by atoms with E-state index in [0.29, 0.717) is 0 Å². The molecule has 0 spiro atoms. The van der Waals surface area contributed by atoms with Gasteiger partial charge in [-0.25, -0.2) is 4.57 Å². The first kappa shape index (κ1) is 16.8. The molecule has 0 aliphatic heterocycles. The molecule has 19 heavy (non-hydrogen) atoms. The molecule has 11 heteroatoms. The number of nitrogens with zero attached hydrogens (tertiary/aromatic N) is 3. The average molecular weight is 284 g/mol. The summed E-state index contributed by atoms with van der Waals surface area (Å²) in [5.74, 6) is -2.42. The van der Waals surface area contributed by atoms with Gasteiger partial charge in [0, 0.05) is 6.54 Å². The summed E-state index contributed by atoms with van der Waals surface area (Å²) in [6, 6.07) is 0. The Bertz CT molecular complexity index is 445. The second-order valence-corrected chi connectivity index (χ2v) is 3.28. The summed E-state index contributed by atoms with van der Waals surface area (Å²) in [5.41, 5.74) is 0. The zero-order valence-corrected chi connectivity index (χ0v) is 9.48. The largest absolute Gasteiger partial charge is 0.471 e. The minimum absolute atomic E-state index is 0. The number of hydrogen-bond donors (Lipinski definition) is 1. The Labute approximate surface area is 104 Å². The van der Waals surface area contributed by atoms with Gasteiger partial charge in [-0.1, -0.05) is 4.98 Å². The van der Waals surface area contributed by atoms with Gasteiger partial charge in [0.15, 0.2) is 0 Å². The first-order valence-electron chi connectivity index (χ1n) is 4.83. The van der Waals surface area contributed by atoms with E-state index in [4.69, 9.17) is 0 Å². The molecule has 1 rings (SSSR count). The Hall–Kier alpha value is -2.17. The quantitative estimate of drug-likeness (QED) is 0.465. The Morgan fingerprint density at radius 2 is 2.16 bits per heavy atom. The van der Waals surface area contributed by atoms with Gasteiger partial charge >= 0.3 is 18.0 Å². The third kappa shape index (κ3) is 4.91. The molecule has 0 atom stereocenters. The number of nitrogens with one attached hydrogen (secondary N) is 1. The molecule has 0 aliphatic carbocycles. The number of hydrogen-bond acceptors (Lipinski definition) is 4. The van der Waals surface area contributed by atoms with Crippen molar-refractivity contribution >= 4 is 11.9 Å². The maximum Gasteiger partial charge on any atom is 0.471 e. The van der Waals surface area contributed by atoms with Gasteiger partial charge in [-0.3, -0.25) is 4.79 Å². The summed E-state index contributed by atoms with van der Waals surface area (Å²) in [6.07, 6.45) is -2.24. The van der Waals surface area contributed by atoms with E-state index in [0.717, 1.165) is 0 Å². The van der Waals surface area contributed by atoms with Crippen LogP contribution < -0.4 is 5.32 Å². The molecule has 1 aromatic heterocycles. The van der Waals surface area contributed by atoms with Crippen LogP contribution in [0.1, 0.15) is 6.42 Å². The van der Waals surface area contributed by atoms with Crippen molar-refractivity contribution in [3.8, 4) is 0 Å². The lowest BCUT2D eigenvalue weighted by molar-refractivity contribution is -0.396. The van der Waals surface area contributed by atoms with Crippen LogP contribution in [0.4, 0.5) is 19.1 Å². The van der Waals surface area contributed by atoms with E-state index in [1.54, 1.807) is 5.32 Å². The van der Waals surface area contributed by atoms with Crippen LogP contribution in [0, 0.1) is 10.1 Å². The number of aryl methyl sites for hydroxylation is 1. The van der Waals surface area contributed by atoms with Gasteiger partial charge < -0.3 is 20.9 Å². The summed E-state index contributed by atoms with van der Waals surface area (Å²) in [7, 11) is 0. The third-order valence-electron chi connectivity index (χ3n) is 1.98. The summed E-state index contributed by atoms with van der Waals surface area (Å²) >= 11 is 0. The summed E-state index contributed by atoms with van der Waals surface area (Å²) in [4.78, 5) is 23.7. The average Bonchev–Trinajstić information content (AvgIpc) is 2.70. The first-order valence-corrected chi connectivity index (χ1v) is 4.83. The number of amides is 1. The summed E-state index contributed by atoms with van der Waals surface area (Å²) in [5, 5.41) is 12.1. The SMILES string of the molecule is O.O=C(NCCCn1ccnc1[N+](=O)[O-])C(F)(F)F. The first-order chi connectivity index (χ1) is 8.32. The van der Waals surface area contributed by atoms with Gasteiger partial charge in [0.05, 0.1) is 6.54 Å². The minimum atomic E-state index is -4.92. The molecule has 0 fully saturated rings. The molecule has 0 bridgehead atoms. The van der Waals surface area contributed by atoms with Crippen LogP contribution >= 0.6 is 0 Å².